The lowest BCUT2D eigenvalue weighted by Crippen LogP contribution is -2.34. The highest BCUT2D eigenvalue weighted by Crippen LogP contribution is 2.52. The van der Waals surface area contributed by atoms with E-state index in [-0.39, 0.29) is 5.16 Å². The van der Waals surface area contributed by atoms with E-state index in [1.807, 2.05) is 51.1 Å². The molecule has 0 aliphatic rings. The Kier molecular flexibility index (Phi) is 4.57. The van der Waals surface area contributed by atoms with Crippen LogP contribution in [-0.2, 0) is 4.57 Å². The number of benzene rings is 1. The van der Waals surface area contributed by atoms with E-state index >= 15 is 0 Å². The van der Waals surface area contributed by atoms with E-state index in [1.54, 1.807) is 0 Å². The fourth-order valence-electron chi connectivity index (χ4n) is 1.66. The SMILES string of the molecule is CC(C)CNP(=O)(c1ccccc1)C(C)(C)C. The molecular weight excluding hydrogens is 229 g/mol. The van der Waals surface area contributed by atoms with Gasteiger partial charge in [0.1, 0.15) is 0 Å². The smallest absolute Gasteiger partial charge is 0.181 e. The van der Waals surface area contributed by atoms with Crippen LogP contribution >= 0.6 is 7.29 Å². The van der Waals surface area contributed by atoms with Crippen molar-refractivity contribution in [2.45, 2.75) is 39.8 Å². The molecule has 0 fully saturated rings. The lowest BCUT2D eigenvalue weighted by molar-refractivity contribution is 0.531. The molecule has 1 aromatic carbocycles. The summed E-state index contributed by atoms with van der Waals surface area (Å²) in [5.74, 6) is 0.495. The van der Waals surface area contributed by atoms with Crippen molar-refractivity contribution in [3.05, 3.63) is 30.3 Å². The van der Waals surface area contributed by atoms with Crippen LogP contribution in [0.15, 0.2) is 30.3 Å². The second kappa shape index (κ2) is 5.37. The summed E-state index contributed by atoms with van der Waals surface area (Å²) in [7, 11) is -2.56. The zero-order chi connectivity index (χ0) is 13.1. The van der Waals surface area contributed by atoms with Crippen molar-refractivity contribution in [1.29, 1.82) is 0 Å². The van der Waals surface area contributed by atoms with E-state index in [9.17, 15) is 4.57 Å². The molecule has 2 nitrogen and oxygen atoms in total. The van der Waals surface area contributed by atoms with Crippen molar-refractivity contribution in [3.8, 4) is 0 Å². The zero-order valence-electron chi connectivity index (χ0n) is 11.5. The van der Waals surface area contributed by atoms with E-state index in [2.05, 4.69) is 18.9 Å². The first-order valence-electron chi connectivity index (χ1n) is 6.18. The Bertz CT molecular complexity index is 392. The predicted octanol–water partition coefficient (Wildman–Crippen LogP) is 3.63. The van der Waals surface area contributed by atoms with Crippen molar-refractivity contribution in [1.82, 2.24) is 5.09 Å². The molecule has 96 valence electrons. The predicted molar refractivity (Wildman–Crippen MR) is 76.3 cm³/mol. The van der Waals surface area contributed by atoms with Gasteiger partial charge in [-0.05, 0) is 5.92 Å². The van der Waals surface area contributed by atoms with Crippen molar-refractivity contribution in [3.63, 3.8) is 0 Å². The van der Waals surface area contributed by atoms with Gasteiger partial charge >= 0.3 is 0 Å². The highest BCUT2D eigenvalue weighted by atomic mass is 31.2. The topological polar surface area (TPSA) is 29.1 Å². The fraction of sp³-hybridized carbons (Fsp3) is 0.571. The molecular formula is C14H24NOP. The monoisotopic (exact) mass is 253 g/mol. The maximum Gasteiger partial charge on any atom is 0.181 e. The third-order valence-electron chi connectivity index (χ3n) is 2.79. The van der Waals surface area contributed by atoms with Gasteiger partial charge in [0, 0.05) is 17.0 Å². The average Bonchev–Trinajstić information content (AvgIpc) is 2.25. The second-order valence-corrected chi connectivity index (χ2v) is 9.26. The highest BCUT2D eigenvalue weighted by molar-refractivity contribution is 7.71. The number of nitrogens with one attached hydrogen (secondary N) is 1. The zero-order valence-corrected chi connectivity index (χ0v) is 12.4. The normalized spacial score (nSPS) is 15.9. The van der Waals surface area contributed by atoms with Gasteiger partial charge in [-0.15, -0.1) is 0 Å². The standard InChI is InChI=1S/C14H24NOP/c1-12(2)11-15-17(16,14(3,4)5)13-9-7-6-8-10-13/h6-10,12H,11H2,1-5H3,(H,15,16). The third kappa shape index (κ3) is 3.43. The Labute approximate surface area is 105 Å². The minimum Gasteiger partial charge on any atom is -0.301 e. The number of hydrogen-bond donors (Lipinski definition) is 1. The van der Waals surface area contributed by atoms with Gasteiger partial charge in [-0.1, -0.05) is 65.0 Å². The molecule has 1 aromatic rings. The minimum atomic E-state index is -2.56. The van der Waals surface area contributed by atoms with E-state index in [0.717, 1.165) is 11.8 Å². The summed E-state index contributed by atoms with van der Waals surface area (Å²) >= 11 is 0. The van der Waals surface area contributed by atoms with Crippen LogP contribution in [0.1, 0.15) is 34.6 Å². The summed E-state index contributed by atoms with van der Waals surface area (Å²) in [6.45, 7) is 11.1. The molecule has 1 atom stereocenters. The first-order valence-corrected chi connectivity index (χ1v) is 7.89. The van der Waals surface area contributed by atoms with Gasteiger partial charge in [0.25, 0.3) is 0 Å². The molecule has 1 unspecified atom stereocenters. The third-order valence-corrected chi connectivity index (χ3v) is 6.33. The Morgan fingerprint density at radius 1 is 1.18 bits per heavy atom. The van der Waals surface area contributed by atoms with Crippen LogP contribution in [0.4, 0.5) is 0 Å². The maximum atomic E-state index is 13.2. The Morgan fingerprint density at radius 3 is 2.12 bits per heavy atom. The molecule has 0 bridgehead atoms. The van der Waals surface area contributed by atoms with Crippen LogP contribution in [0.25, 0.3) is 0 Å². The fourth-order valence-corrected chi connectivity index (χ4v) is 4.31. The van der Waals surface area contributed by atoms with Crippen LogP contribution < -0.4 is 10.4 Å². The largest absolute Gasteiger partial charge is 0.301 e. The molecule has 0 amide bonds. The van der Waals surface area contributed by atoms with E-state index in [1.165, 1.54) is 0 Å². The van der Waals surface area contributed by atoms with Gasteiger partial charge in [0.05, 0.1) is 0 Å². The van der Waals surface area contributed by atoms with E-state index in [4.69, 9.17) is 0 Å². The van der Waals surface area contributed by atoms with Crippen LogP contribution in [0.5, 0.6) is 0 Å². The first-order chi connectivity index (χ1) is 7.77. The first kappa shape index (κ1) is 14.5. The summed E-state index contributed by atoms with van der Waals surface area (Å²) in [4.78, 5) is 0. The van der Waals surface area contributed by atoms with Crippen LogP contribution in [0, 0.1) is 5.92 Å². The molecule has 3 heteroatoms. The molecule has 1 N–H and O–H groups in total. The Hall–Kier alpha value is -0.590. The molecule has 0 aliphatic carbocycles. The summed E-state index contributed by atoms with van der Waals surface area (Å²) in [6, 6.07) is 9.77. The average molecular weight is 253 g/mol. The van der Waals surface area contributed by atoms with Crippen LogP contribution in [0.2, 0.25) is 0 Å². The van der Waals surface area contributed by atoms with Crippen LogP contribution in [0.3, 0.4) is 0 Å². The number of hydrogen-bond acceptors (Lipinski definition) is 1. The van der Waals surface area contributed by atoms with Gasteiger partial charge in [-0.3, -0.25) is 5.09 Å². The summed E-state index contributed by atoms with van der Waals surface area (Å²) in [5.41, 5.74) is 0. The summed E-state index contributed by atoms with van der Waals surface area (Å²) < 4.78 is 13.2. The quantitative estimate of drug-likeness (QED) is 0.830. The van der Waals surface area contributed by atoms with Gasteiger partial charge in [-0.2, -0.15) is 0 Å². The Balaban J connectivity index is 3.08. The summed E-state index contributed by atoms with van der Waals surface area (Å²) in [5, 5.41) is 3.97. The molecule has 0 aliphatic heterocycles. The lowest BCUT2D eigenvalue weighted by Gasteiger charge is -2.33. The second-order valence-electron chi connectivity index (χ2n) is 5.87. The van der Waals surface area contributed by atoms with Gasteiger partial charge < -0.3 is 4.57 Å². The van der Waals surface area contributed by atoms with Gasteiger partial charge in [0.2, 0.25) is 0 Å². The lowest BCUT2D eigenvalue weighted by atomic mass is 10.2. The van der Waals surface area contributed by atoms with Crippen molar-refractivity contribution < 1.29 is 4.57 Å². The minimum absolute atomic E-state index is 0.261. The van der Waals surface area contributed by atoms with Crippen molar-refractivity contribution in [2.75, 3.05) is 6.54 Å². The van der Waals surface area contributed by atoms with Crippen LogP contribution in [-0.4, -0.2) is 11.7 Å². The van der Waals surface area contributed by atoms with Gasteiger partial charge in [0.15, 0.2) is 7.29 Å². The molecule has 17 heavy (non-hydrogen) atoms. The van der Waals surface area contributed by atoms with E-state index < -0.39 is 7.29 Å². The molecule has 0 saturated heterocycles. The van der Waals surface area contributed by atoms with E-state index in [0.29, 0.717) is 5.92 Å². The van der Waals surface area contributed by atoms with Crippen molar-refractivity contribution >= 4 is 12.6 Å². The van der Waals surface area contributed by atoms with Crippen molar-refractivity contribution in [2.24, 2.45) is 5.92 Å². The summed E-state index contributed by atoms with van der Waals surface area (Å²) in [6.07, 6.45) is 0. The molecule has 0 spiro atoms. The Morgan fingerprint density at radius 2 is 1.71 bits per heavy atom. The number of rotatable bonds is 4. The molecule has 0 radical (unpaired) electrons. The molecule has 0 aromatic heterocycles. The molecule has 1 rings (SSSR count). The van der Waals surface area contributed by atoms with Gasteiger partial charge in [-0.25, -0.2) is 0 Å². The molecule has 0 saturated carbocycles. The highest BCUT2D eigenvalue weighted by Gasteiger charge is 2.37. The maximum absolute atomic E-state index is 13.2. The molecule has 0 heterocycles.